The van der Waals surface area contributed by atoms with Gasteiger partial charge in [-0.15, -0.1) is 0 Å². The molecular weight excluding hydrogens is 484 g/mol. The molecule has 1 aliphatic rings. The van der Waals surface area contributed by atoms with Gasteiger partial charge in [0.05, 0.1) is 5.69 Å². The number of piperidine rings is 1. The third kappa shape index (κ3) is 6.50. The lowest BCUT2D eigenvalue weighted by atomic mass is 9.98. The van der Waals surface area contributed by atoms with Crippen LogP contribution >= 0.6 is 0 Å². The Morgan fingerprint density at radius 3 is 2.26 bits per heavy atom. The molecule has 3 aromatic rings. The Labute approximate surface area is 224 Å². The first kappa shape index (κ1) is 27.6. The van der Waals surface area contributed by atoms with Crippen molar-refractivity contribution in [1.82, 2.24) is 9.88 Å². The molecule has 7 heteroatoms. The zero-order chi connectivity index (χ0) is 27.6. The number of aryl methyl sites for hydroxylation is 2. The SMILES string of the molecule is Cc1cc(-c2cc(CN(c3ccc(F)c(F)c3)C3CCN(C(=O)OC(C)(C)C)CC3)ccn2)cc(C)c1C. The lowest BCUT2D eigenvalue weighted by molar-refractivity contribution is 0.0204. The fourth-order valence-corrected chi connectivity index (χ4v) is 4.89. The molecule has 1 aromatic heterocycles. The highest BCUT2D eigenvalue weighted by Gasteiger charge is 2.30. The van der Waals surface area contributed by atoms with Crippen LogP contribution in [-0.2, 0) is 11.3 Å². The molecule has 1 fully saturated rings. The summed E-state index contributed by atoms with van der Waals surface area (Å²) >= 11 is 0. The van der Waals surface area contributed by atoms with Crippen molar-refractivity contribution in [2.75, 3.05) is 18.0 Å². The molecule has 0 bridgehead atoms. The van der Waals surface area contributed by atoms with Crippen molar-refractivity contribution < 1.29 is 18.3 Å². The van der Waals surface area contributed by atoms with E-state index in [0.717, 1.165) is 16.8 Å². The van der Waals surface area contributed by atoms with Gasteiger partial charge in [0.25, 0.3) is 0 Å². The fraction of sp³-hybridized carbons (Fsp3) is 0.419. The standard InChI is InChI=1S/C31H37F2N3O2/c1-20-15-24(16-21(2)22(20)3)29-17-23(9-12-34-29)19-36(26-7-8-27(32)28(33)18-26)25-10-13-35(14-11-25)30(37)38-31(4,5)6/h7-9,12,15-18,25H,10-11,13-14,19H2,1-6H3. The van der Waals surface area contributed by atoms with Crippen LogP contribution in [0.4, 0.5) is 19.3 Å². The van der Waals surface area contributed by atoms with Crippen molar-refractivity contribution in [2.45, 2.75) is 72.6 Å². The first-order valence-corrected chi connectivity index (χ1v) is 13.1. The number of carbonyl (C=O) groups excluding carboxylic acids is 1. The van der Waals surface area contributed by atoms with E-state index in [1.165, 1.54) is 28.8 Å². The van der Waals surface area contributed by atoms with Gasteiger partial charge in [-0.2, -0.15) is 0 Å². The first-order chi connectivity index (χ1) is 17.9. The van der Waals surface area contributed by atoms with Gasteiger partial charge in [-0.3, -0.25) is 4.98 Å². The molecule has 0 atom stereocenters. The highest BCUT2D eigenvalue weighted by Crippen LogP contribution is 2.29. The van der Waals surface area contributed by atoms with Crippen molar-refractivity contribution in [3.63, 3.8) is 0 Å². The van der Waals surface area contributed by atoms with E-state index in [1.54, 1.807) is 17.2 Å². The third-order valence-electron chi connectivity index (χ3n) is 7.19. The molecule has 1 aliphatic heterocycles. The minimum Gasteiger partial charge on any atom is -0.444 e. The van der Waals surface area contributed by atoms with Gasteiger partial charge in [0.2, 0.25) is 0 Å². The molecule has 38 heavy (non-hydrogen) atoms. The molecule has 2 heterocycles. The van der Waals surface area contributed by atoms with Crippen molar-refractivity contribution in [3.8, 4) is 11.3 Å². The second-order valence-electron chi connectivity index (χ2n) is 11.2. The smallest absolute Gasteiger partial charge is 0.410 e. The zero-order valence-electron chi connectivity index (χ0n) is 23.1. The maximum absolute atomic E-state index is 14.3. The average molecular weight is 522 g/mol. The second-order valence-corrected chi connectivity index (χ2v) is 11.2. The number of aromatic nitrogens is 1. The maximum atomic E-state index is 14.3. The van der Waals surface area contributed by atoms with Gasteiger partial charge in [-0.1, -0.05) is 0 Å². The van der Waals surface area contributed by atoms with E-state index >= 15 is 0 Å². The molecule has 0 N–H and O–H groups in total. The number of carbonyl (C=O) groups is 1. The van der Waals surface area contributed by atoms with Crippen LogP contribution in [-0.4, -0.2) is 40.7 Å². The van der Waals surface area contributed by atoms with E-state index in [1.807, 2.05) is 26.8 Å². The van der Waals surface area contributed by atoms with Gasteiger partial charge in [-0.25, -0.2) is 13.6 Å². The second kappa shape index (κ2) is 11.1. The number of benzene rings is 2. The predicted octanol–water partition coefficient (Wildman–Crippen LogP) is 7.36. The van der Waals surface area contributed by atoms with Gasteiger partial charge in [0.1, 0.15) is 5.60 Å². The summed E-state index contributed by atoms with van der Waals surface area (Å²) < 4.78 is 33.6. The van der Waals surface area contributed by atoms with Crippen LogP contribution in [0.3, 0.4) is 0 Å². The summed E-state index contributed by atoms with van der Waals surface area (Å²) in [5.74, 6) is -1.75. The Kier molecular flexibility index (Phi) is 8.05. The number of hydrogen-bond donors (Lipinski definition) is 0. The minimum atomic E-state index is -0.875. The van der Waals surface area contributed by atoms with Crippen molar-refractivity contribution in [1.29, 1.82) is 0 Å². The van der Waals surface area contributed by atoms with Gasteiger partial charge in [-0.05, 0) is 113 Å². The van der Waals surface area contributed by atoms with Crippen molar-refractivity contribution >= 4 is 11.8 Å². The first-order valence-electron chi connectivity index (χ1n) is 13.1. The highest BCUT2D eigenvalue weighted by molar-refractivity contribution is 5.68. The Hall–Kier alpha value is -3.48. The van der Waals surface area contributed by atoms with Crippen LogP contribution in [0.25, 0.3) is 11.3 Å². The van der Waals surface area contributed by atoms with Gasteiger partial charge in [0.15, 0.2) is 11.6 Å². The molecule has 0 saturated carbocycles. The zero-order valence-corrected chi connectivity index (χ0v) is 23.1. The quantitative estimate of drug-likeness (QED) is 0.352. The number of pyridine rings is 1. The van der Waals surface area contributed by atoms with E-state index in [4.69, 9.17) is 4.74 Å². The Balaban J connectivity index is 1.59. The number of halogens is 2. The molecule has 2 aromatic carbocycles. The van der Waals surface area contributed by atoms with Gasteiger partial charge >= 0.3 is 6.09 Å². The average Bonchev–Trinajstić information content (AvgIpc) is 2.86. The van der Waals surface area contributed by atoms with E-state index in [-0.39, 0.29) is 12.1 Å². The number of hydrogen-bond acceptors (Lipinski definition) is 4. The van der Waals surface area contributed by atoms with Crippen molar-refractivity contribution in [2.24, 2.45) is 0 Å². The summed E-state index contributed by atoms with van der Waals surface area (Å²) in [4.78, 5) is 21.0. The third-order valence-corrected chi connectivity index (χ3v) is 7.19. The molecule has 0 radical (unpaired) electrons. The summed E-state index contributed by atoms with van der Waals surface area (Å²) in [7, 11) is 0. The van der Waals surface area contributed by atoms with Crippen LogP contribution < -0.4 is 4.90 Å². The minimum absolute atomic E-state index is 0.0408. The van der Waals surface area contributed by atoms with Crippen molar-refractivity contribution in [3.05, 3.63) is 82.5 Å². The lowest BCUT2D eigenvalue weighted by Crippen LogP contribution is -2.48. The molecular formula is C31H37F2N3O2. The number of ether oxygens (including phenoxy) is 1. The molecule has 1 saturated heterocycles. The number of nitrogens with zero attached hydrogens (tertiary/aromatic N) is 3. The number of likely N-dealkylation sites (tertiary alicyclic amines) is 1. The monoisotopic (exact) mass is 521 g/mol. The van der Waals surface area contributed by atoms with Crippen LogP contribution in [0, 0.1) is 32.4 Å². The maximum Gasteiger partial charge on any atom is 0.410 e. The Bertz CT molecular complexity index is 1290. The van der Waals surface area contributed by atoms with Crippen LogP contribution in [0.2, 0.25) is 0 Å². The summed E-state index contributed by atoms with van der Waals surface area (Å²) in [5.41, 5.74) is 6.70. The van der Waals surface area contributed by atoms with E-state index in [0.29, 0.717) is 38.2 Å². The van der Waals surface area contributed by atoms with Gasteiger partial charge < -0.3 is 14.5 Å². The Morgan fingerprint density at radius 1 is 1.00 bits per heavy atom. The largest absolute Gasteiger partial charge is 0.444 e. The topological polar surface area (TPSA) is 45.7 Å². The van der Waals surface area contributed by atoms with E-state index < -0.39 is 17.2 Å². The number of rotatable bonds is 5. The van der Waals surface area contributed by atoms with Crippen LogP contribution in [0.15, 0.2) is 48.7 Å². The van der Waals surface area contributed by atoms with Crippen LogP contribution in [0.1, 0.15) is 55.9 Å². The predicted molar refractivity (Wildman–Crippen MR) is 147 cm³/mol. The van der Waals surface area contributed by atoms with E-state index in [2.05, 4.69) is 48.9 Å². The summed E-state index contributed by atoms with van der Waals surface area (Å²) in [5, 5.41) is 0. The number of anilines is 1. The molecule has 4 rings (SSSR count). The van der Waals surface area contributed by atoms with Crippen LogP contribution in [0.5, 0.6) is 0 Å². The molecule has 1 amide bonds. The molecule has 5 nitrogen and oxygen atoms in total. The van der Waals surface area contributed by atoms with Gasteiger partial charge in [0, 0.05) is 49.2 Å². The fourth-order valence-electron chi connectivity index (χ4n) is 4.89. The van der Waals surface area contributed by atoms with E-state index in [9.17, 15) is 13.6 Å². The summed E-state index contributed by atoms with van der Waals surface area (Å²) in [6, 6.07) is 12.4. The Morgan fingerprint density at radius 2 is 1.66 bits per heavy atom. The molecule has 0 unspecified atom stereocenters. The lowest BCUT2D eigenvalue weighted by Gasteiger charge is -2.40. The normalized spacial score (nSPS) is 14.5. The number of amides is 1. The molecule has 0 aliphatic carbocycles. The molecule has 202 valence electrons. The molecule has 0 spiro atoms. The summed E-state index contributed by atoms with van der Waals surface area (Å²) in [6.07, 6.45) is 2.85. The highest BCUT2D eigenvalue weighted by atomic mass is 19.2. The summed E-state index contributed by atoms with van der Waals surface area (Å²) in [6.45, 7) is 13.4.